The maximum atomic E-state index is 11.8. The van der Waals surface area contributed by atoms with Crippen LogP contribution in [0, 0.1) is 11.3 Å². The summed E-state index contributed by atoms with van der Waals surface area (Å²) in [6, 6.07) is 17.5. The molecule has 3 rings (SSSR count). The van der Waals surface area contributed by atoms with Crippen molar-refractivity contribution in [3.63, 3.8) is 0 Å². The molecule has 0 radical (unpaired) electrons. The first kappa shape index (κ1) is 12.2. The lowest BCUT2D eigenvalue weighted by atomic mass is 9.99. The van der Waals surface area contributed by atoms with Crippen LogP contribution >= 0.6 is 0 Å². The van der Waals surface area contributed by atoms with Gasteiger partial charge in [0.05, 0.1) is 7.11 Å². The Morgan fingerprint density at radius 2 is 1.40 bits per heavy atom. The minimum atomic E-state index is -0.603. The number of carbonyl (C=O) groups is 1. The van der Waals surface area contributed by atoms with Gasteiger partial charge in [0.15, 0.2) is 0 Å². The van der Waals surface area contributed by atoms with Gasteiger partial charge in [0.2, 0.25) is 0 Å². The molecule has 0 amide bonds. The summed E-state index contributed by atoms with van der Waals surface area (Å²) in [7, 11) is 1.28. The van der Waals surface area contributed by atoms with Crippen molar-refractivity contribution in [3.05, 3.63) is 65.2 Å². The monoisotopic (exact) mass is 261 g/mol. The van der Waals surface area contributed by atoms with E-state index >= 15 is 0 Å². The molecule has 0 saturated heterocycles. The first-order valence-electron chi connectivity index (χ1n) is 6.19. The van der Waals surface area contributed by atoms with Crippen LogP contribution in [0.2, 0.25) is 0 Å². The van der Waals surface area contributed by atoms with E-state index in [1.165, 1.54) is 7.11 Å². The highest BCUT2D eigenvalue weighted by atomic mass is 16.5. The molecule has 0 aliphatic heterocycles. The molecular formula is C17H11NO2. The summed E-state index contributed by atoms with van der Waals surface area (Å²) in [5.74, 6) is -0.603. The number of carbonyl (C=O) groups excluding carboxylic acids is 1. The van der Waals surface area contributed by atoms with Gasteiger partial charge in [-0.3, -0.25) is 0 Å². The molecule has 3 nitrogen and oxygen atoms in total. The van der Waals surface area contributed by atoms with E-state index in [-0.39, 0.29) is 5.57 Å². The second kappa shape index (κ2) is 4.67. The third kappa shape index (κ3) is 1.63. The molecule has 0 aromatic heterocycles. The first-order chi connectivity index (χ1) is 9.77. The number of nitrogens with zero attached hydrogens (tertiary/aromatic N) is 1. The second-order valence-electron chi connectivity index (χ2n) is 4.44. The predicted molar refractivity (Wildman–Crippen MR) is 75.5 cm³/mol. The Bertz CT molecular complexity index is 734. The summed E-state index contributed by atoms with van der Waals surface area (Å²) in [5, 5.41) is 9.33. The maximum absolute atomic E-state index is 11.8. The fourth-order valence-corrected chi connectivity index (χ4v) is 2.59. The zero-order valence-corrected chi connectivity index (χ0v) is 10.9. The molecule has 1 aliphatic carbocycles. The number of ether oxygens (including phenoxy) is 1. The van der Waals surface area contributed by atoms with Crippen LogP contribution in [0.3, 0.4) is 0 Å². The number of hydrogen-bond donors (Lipinski definition) is 0. The molecule has 0 unspecified atom stereocenters. The Labute approximate surface area is 116 Å². The van der Waals surface area contributed by atoms with Gasteiger partial charge in [0.1, 0.15) is 11.6 Å². The van der Waals surface area contributed by atoms with Gasteiger partial charge in [-0.15, -0.1) is 0 Å². The van der Waals surface area contributed by atoms with Gasteiger partial charge in [-0.25, -0.2) is 4.79 Å². The van der Waals surface area contributed by atoms with Gasteiger partial charge >= 0.3 is 5.97 Å². The van der Waals surface area contributed by atoms with E-state index in [1.54, 1.807) is 0 Å². The zero-order valence-electron chi connectivity index (χ0n) is 10.9. The number of fused-ring (bicyclic) bond motifs is 3. The summed E-state index contributed by atoms with van der Waals surface area (Å²) in [6.45, 7) is 0. The van der Waals surface area contributed by atoms with Gasteiger partial charge in [0.25, 0.3) is 0 Å². The molecule has 2 aromatic rings. The Morgan fingerprint density at radius 3 is 1.80 bits per heavy atom. The quantitative estimate of drug-likeness (QED) is 0.384. The number of rotatable bonds is 1. The van der Waals surface area contributed by atoms with Crippen molar-refractivity contribution in [1.82, 2.24) is 0 Å². The fraction of sp³-hybridized carbons (Fsp3) is 0.0588. The van der Waals surface area contributed by atoms with Crippen LogP contribution in [-0.2, 0) is 9.53 Å². The molecule has 0 heterocycles. The average molecular weight is 261 g/mol. The Morgan fingerprint density at radius 1 is 0.950 bits per heavy atom. The third-order valence-corrected chi connectivity index (χ3v) is 3.43. The van der Waals surface area contributed by atoms with Crippen LogP contribution in [0.1, 0.15) is 11.1 Å². The number of methoxy groups -OCH3 is 1. The summed E-state index contributed by atoms with van der Waals surface area (Å²) in [4.78, 5) is 11.8. The normalized spacial score (nSPS) is 11.3. The number of hydrogen-bond acceptors (Lipinski definition) is 3. The average Bonchev–Trinajstić information content (AvgIpc) is 2.83. The fourth-order valence-electron chi connectivity index (χ4n) is 2.59. The van der Waals surface area contributed by atoms with Crippen molar-refractivity contribution in [3.8, 4) is 17.2 Å². The van der Waals surface area contributed by atoms with E-state index in [0.717, 1.165) is 22.3 Å². The molecule has 0 N–H and O–H groups in total. The van der Waals surface area contributed by atoms with E-state index in [4.69, 9.17) is 4.74 Å². The number of benzene rings is 2. The van der Waals surface area contributed by atoms with Crippen LogP contribution in [-0.4, -0.2) is 13.1 Å². The summed E-state index contributed by atoms with van der Waals surface area (Å²) in [6.07, 6.45) is 0. The Balaban J connectivity index is 2.40. The molecule has 0 bridgehead atoms. The van der Waals surface area contributed by atoms with Crippen molar-refractivity contribution >= 4 is 11.5 Å². The second-order valence-corrected chi connectivity index (χ2v) is 4.44. The minimum Gasteiger partial charge on any atom is -0.465 e. The highest BCUT2D eigenvalue weighted by Crippen LogP contribution is 2.45. The van der Waals surface area contributed by atoms with Gasteiger partial charge in [-0.1, -0.05) is 48.5 Å². The van der Waals surface area contributed by atoms with Crippen molar-refractivity contribution in [2.45, 2.75) is 0 Å². The Kier molecular flexibility index (Phi) is 2.85. The molecule has 0 spiro atoms. The Hall–Kier alpha value is -2.86. The van der Waals surface area contributed by atoms with E-state index in [2.05, 4.69) is 0 Å². The van der Waals surface area contributed by atoms with Crippen LogP contribution < -0.4 is 0 Å². The smallest absolute Gasteiger partial charge is 0.349 e. The van der Waals surface area contributed by atoms with Crippen molar-refractivity contribution < 1.29 is 9.53 Å². The summed E-state index contributed by atoms with van der Waals surface area (Å²) in [5.41, 5.74) is 4.58. The van der Waals surface area contributed by atoms with Gasteiger partial charge < -0.3 is 4.74 Å². The molecule has 0 fully saturated rings. The molecule has 2 aromatic carbocycles. The highest BCUT2D eigenvalue weighted by molar-refractivity contribution is 6.12. The third-order valence-electron chi connectivity index (χ3n) is 3.43. The van der Waals surface area contributed by atoms with Crippen molar-refractivity contribution in [2.75, 3.05) is 7.11 Å². The molecule has 1 aliphatic rings. The summed E-state index contributed by atoms with van der Waals surface area (Å²) >= 11 is 0. The van der Waals surface area contributed by atoms with Crippen LogP contribution in [0.5, 0.6) is 0 Å². The van der Waals surface area contributed by atoms with E-state index in [9.17, 15) is 10.1 Å². The van der Waals surface area contributed by atoms with Crippen LogP contribution in [0.25, 0.3) is 16.7 Å². The van der Waals surface area contributed by atoms with E-state index < -0.39 is 5.97 Å². The molecule has 0 saturated carbocycles. The van der Waals surface area contributed by atoms with E-state index in [0.29, 0.717) is 5.57 Å². The minimum absolute atomic E-state index is 0.0462. The van der Waals surface area contributed by atoms with Crippen molar-refractivity contribution in [2.24, 2.45) is 0 Å². The van der Waals surface area contributed by atoms with Crippen LogP contribution in [0.15, 0.2) is 54.1 Å². The number of esters is 1. The molecule has 20 heavy (non-hydrogen) atoms. The van der Waals surface area contributed by atoms with Gasteiger partial charge in [-0.05, 0) is 22.3 Å². The molecule has 3 heteroatoms. The predicted octanol–water partition coefficient (Wildman–Crippen LogP) is 3.17. The zero-order chi connectivity index (χ0) is 14.1. The van der Waals surface area contributed by atoms with Gasteiger partial charge in [-0.2, -0.15) is 5.26 Å². The highest BCUT2D eigenvalue weighted by Gasteiger charge is 2.28. The lowest BCUT2D eigenvalue weighted by molar-refractivity contribution is -0.135. The van der Waals surface area contributed by atoms with Gasteiger partial charge in [0, 0.05) is 5.57 Å². The topological polar surface area (TPSA) is 50.1 Å². The van der Waals surface area contributed by atoms with Crippen molar-refractivity contribution in [1.29, 1.82) is 5.26 Å². The number of nitriles is 1. The molecule has 96 valence electrons. The molecular weight excluding hydrogens is 250 g/mol. The van der Waals surface area contributed by atoms with E-state index in [1.807, 2.05) is 54.6 Å². The summed E-state index contributed by atoms with van der Waals surface area (Å²) < 4.78 is 4.73. The lowest BCUT2D eigenvalue weighted by Gasteiger charge is -2.05. The molecule has 0 atom stereocenters. The lowest BCUT2D eigenvalue weighted by Crippen LogP contribution is -2.05. The SMILES string of the molecule is COC(=O)C(C#N)=C1c2ccccc2-c2ccccc21. The standard InChI is InChI=1S/C17H11NO2/c1-20-17(19)15(10-18)16-13-8-4-2-6-11(13)12-7-3-5-9-14(12)16/h2-9H,1H3. The first-order valence-corrected chi connectivity index (χ1v) is 6.19. The maximum Gasteiger partial charge on any atom is 0.349 e. The van der Waals surface area contributed by atoms with Crippen LogP contribution in [0.4, 0.5) is 0 Å². The largest absolute Gasteiger partial charge is 0.465 e.